The molecule has 2 aromatic rings. The second-order valence-electron chi connectivity index (χ2n) is 9.90. The van der Waals surface area contributed by atoms with Crippen LogP contribution in [0.1, 0.15) is 29.0 Å². The monoisotopic (exact) mass is 544 g/mol. The van der Waals surface area contributed by atoms with E-state index in [0.717, 1.165) is 47.6 Å². The number of piperidine rings is 1. The van der Waals surface area contributed by atoms with Gasteiger partial charge in [-0.05, 0) is 35.2 Å². The molecule has 2 aliphatic heterocycles. The number of carbonyl (C=O) groups is 1. The number of β-amino-alcohol motifs (C(OH)–C–C–N with tert-alkyl or cyclic N) is 1. The highest BCUT2D eigenvalue weighted by Gasteiger charge is 2.39. The highest BCUT2D eigenvalue weighted by Crippen LogP contribution is 2.35. The molecule has 2 aliphatic rings. The number of aliphatic hydroxyl groups excluding tert-OH is 1. The van der Waals surface area contributed by atoms with Crippen LogP contribution in [0.5, 0.6) is 5.75 Å². The number of hydrogen-bond donors (Lipinski definition) is 2. The molecule has 0 unspecified atom stereocenters. The van der Waals surface area contributed by atoms with Gasteiger partial charge in [0.1, 0.15) is 12.4 Å². The van der Waals surface area contributed by atoms with Gasteiger partial charge in [-0.25, -0.2) is 4.79 Å². The van der Waals surface area contributed by atoms with Crippen LogP contribution in [0.25, 0.3) is 0 Å². The van der Waals surface area contributed by atoms with Gasteiger partial charge in [-0.3, -0.25) is 0 Å². The summed E-state index contributed by atoms with van der Waals surface area (Å²) in [5.41, 5.74) is 3.90. The molecule has 2 aromatic carbocycles. The molecule has 2 N–H and O–H groups in total. The first kappa shape index (κ1) is 29.1. The molecular weight excluding hydrogens is 504 g/mol. The van der Waals surface area contributed by atoms with Crippen molar-refractivity contribution >= 4 is 11.8 Å². The number of hydrogen-bond acceptors (Lipinski definition) is 8. The quantitative estimate of drug-likeness (QED) is 0.368. The van der Waals surface area contributed by atoms with E-state index in [0.29, 0.717) is 33.0 Å². The van der Waals surface area contributed by atoms with Gasteiger partial charge in [0.05, 0.1) is 64.0 Å². The Balaban J connectivity index is 1.46. The Morgan fingerprint density at radius 1 is 1.00 bits per heavy atom. The Kier molecular flexibility index (Phi) is 10.8. The molecular formula is C29H40N2O8. The Bertz CT molecular complexity index is 1050. The van der Waals surface area contributed by atoms with Crippen LogP contribution in [0, 0.1) is 0 Å². The van der Waals surface area contributed by atoms with Gasteiger partial charge in [-0.15, -0.1) is 0 Å². The fourth-order valence-electron chi connectivity index (χ4n) is 5.15. The number of aliphatic hydroxyl groups is 1. The first-order valence-electron chi connectivity index (χ1n) is 13.4. The van der Waals surface area contributed by atoms with Crippen molar-refractivity contribution in [1.29, 1.82) is 0 Å². The number of methoxy groups -OCH3 is 2. The molecule has 1 amide bonds. The molecule has 1 fully saturated rings. The topological polar surface area (TPSA) is 110 Å². The van der Waals surface area contributed by atoms with Crippen LogP contribution in [0.15, 0.2) is 42.5 Å². The smallest absolute Gasteiger partial charge is 0.407 e. The molecule has 0 bridgehead atoms. The predicted octanol–water partition coefficient (Wildman–Crippen LogP) is 3.11. The third-order valence-corrected chi connectivity index (χ3v) is 7.18. The Hall–Kier alpha value is -2.89. The zero-order valence-electron chi connectivity index (χ0n) is 22.8. The van der Waals surface area contributed by atoms with Crippen LogP contribution in [0.3, 0.4) is 0 Å². The van der Waals surface area contributed by atoms with Crippen molar-refractivity contribution in [3.63, 3.8) is 0 Å². The molecule has 0 aliphatic carbocycles. The van der Waals surface area contributed by atoms with Crippen molar-refractivity contribution in [2.75, 3.05) is 71.7 Å². The van der Waals surface area contributed by atoms with Crippen LogP contribution >= 0.6 is 0 Å². The summed E-state index contributed by atoms with van der Waals surface area (Å²) in [6.07, 6.45) is -1.56. The Morgan fingerprint density at radius 2 is 1.77 bits per heavy atom. The van der Waals surface area contributed by atoms with Gasteiger partial charge in [-0.2, -0.15) is 0 Å². The van der Waals surface area contributed by atoms with Crippen molar-refractivity contribution < 1.29 is 38.7 Å². The van der Waals surface area contributed by atoms with Crippen LogP contribution in [0.2, 0.25) is 0 Å². The van der Waals surface area contributed by atoms with E-state index in [-0.39, 0.29) is 25.6 Å². The van der Waals surface area contributed by atoms with Crippen LogP contribution in [-0.4, -0.2) is 100 Å². The number of anilines is 1. The SMILES string of the molecule is COCCCN1CCOc2ccc(CO[C@H]3CN(C(=O)O)C[C@@H](O)[C@@H]3c3ccc(COCCOC)cc3)cc21. The molecule has 0 radical (unpaired) electrons. The van der Waals surface area contributed by atoms with E-state index in [1.54, 1.807) is 14.2 Å². The summed E-state index contributed by atoms with van der Waals surface area (Å²) in [6.45, 7) is 5.02. The predicted molar refractivity (Wildman–Crippen MR) is 146 cm³/mol. The number of ether oxygens (including phenoxy) is 5. The first-order chi connectivity index (χ1) is 19.0. The first-order valence-corrected chi connectivity index (χ1v) is 13.4. The number of rotatable bonds is 13. The lowest BCUT2D eigenvalue weighted by Crippen LogP contribution is -2.53. The maximum atomic E-state index is 11.8. The van der Waals surface area contributed by atoms with Crippen molar-refractivity contribution in [3.8, 4) is 5.75 Å². The lowest BCUT2D eigenvalue weighted by Gasteiger charge is -2.40. The molecule has 0 spiro atoms. The van der Waals surface area contributed by atoms with Gasteiger partial charge in [-0.1, -0.05) is 30.3 Å². The van der Waals surface area contributed by atoms with Crippen molar-refractivity contribution in [3.05, 3.63) is 59.2 Å². The van der Waals surface area contributed by atoms with Crippen LogP contribution in [-0.2, 0) is 32.2 Å². The summed E-state index contributed by atoms with van der Waals surface area (Å²) in [4.78, 5) is 15.3. The molecule has 10 heteroatoms. The molecule has 0 saturated carbocycles. The van der Waals surface area contributed by atoms with E-state index >= 15 is 0 Å². The molecule has 214 valence electrons. The number of nitrogens with zero attached hydrogens (tertiary/aromatic N) is 2. The minimum atomic E-state index is -1.07. The fourth-order valence-corrected chi connectivity index (χ4v) is 5.15. The number of benzene rings is 2. The number of amides is 1. The fraction of sp³-hybridized carbons (Fsp3) is 0.552. The number of carboxylic acid groups (broad SMARTS) is 1. The maximum Gasteiger partial charge on any atom is 0.407 e. The molecule has 4 rings (SSSR count). The zero-order chi connectivity index (χ0) is 27.6. The largest absolute Gasteiger partial charge is 0.490 e. The molecule has 2 heterocycles. The number of likely N-dealkylation sites (tertiary alicyclic amines) is 1. The van der Waals surface area contributed by atoms with Gasteiger partial charge < -0.3 is 43.7 Å². The van der Waals surface area contributed by atoms with Gasteiger partial charge >= 0.3 is 6.09 Å². The van der Waals surface area contributed by atoms with Crippen LogP contribution < -0.4 is 9.64 Å². The Morgan fingerprint density at radius 3 is 2.51 bits per heavy atom. The highest BCUT2D eigenvalue weighted by atomic mass is 16.5. The summed E-state index contributed by atoms with van der Waals surface area (Å²) >= 11 is 0. The molecule has 1 saturated heterocycles. The van der Waals surface area contributed by atoms with E-state index in [2.05, 4.69) is 11.0 Å². The maximum absolute atomic E-state index is 11.8. The average molecular weight is 545 g/mol. The van der Waals surface area contributed by atoms with E-state index in [1.807, 2.05) is 36.4 Å². The van der Waals surface area contributed by atoms with Gasteiger partial charge in [0, 0.05) is 33.3 Å². The minimum absolute atomic E-state index is 0.0361. The van der Waals surface area contributed by atoms with E-state index in [9.17, 15) is 15.0 Å². The minimum Gasteiger partial charge on any atom is -0.490 e. The lowest BCUT2D eigenvalue weighted by atomic mass is 9.84. The summed E-state index contributed by atoms with van der Waals surface area (Å²) in [6, 6.07) is 13.9. The lowest BCUT2D eigenvalue weighted by molar-refractivity contribution is -0.0660. The summed E-state index contributed by atoms with van der Waals surface area (Å²) in [7, 11) is 3.34. The van der Waals surface area contributed by atoms with Crippen molar-refractivity contribution in [1.82, 2.24) is 4.90 Å². The summed E-state index contributed by atoms with van der Waals surface area (Å²) in [5.74, 6) is 0.479. The summed E-state index contributed by atoms with van der Waals surface area (Å²) < 4.78 is 28.0. The second kappa shape index (κ2) is 14.5. The average Bonchev–Trinajstić information content (AvgIpc) is 2.94. The van der Waals surface area contributed by atoms with E-state index in [4.69, 9.17) is 23.7 Å². The van der Waals surface area contributed by atoms with Crippen molar-refractivity contribution in [2.24, 2.45) is 0 Å². The van der Waals surface area contributed by atoms with Gasteiger partial charge in [0.15, 0.2) is 0 Å². The van der Waals surface area contributed by atoms with Gasteiger partial charge in [0.25, 0.3) is 0 Å². The molecule has 0 aromatic heterocycles. The molecule has 39 heavy (non-hydrogen) atoms. The molecule has 3 atom stereocenters. The highest BCUT2D eigenvalue weighted by molar-refractivity contribution is 5.65. The standard InChI is InChI=1S/C29H40N2O8/c1-35-12-3-10-30-11-13-38-26-9-6-22(16-24(26)30)20-39-27-18-31(29(33)34)17-25(32)28(27)23-7-4-21(5-8-23)19-37-15-14-36-2/h4-9,16,25,27-28,32H,3,10-15,17-20H2,1-2H3,(H,33,34)/t25-,27+,28+/m1/s1. The third kappa shape index (κ3) is 7.83. The summed E-state index contributed by atoms with van der Waals surface area (Å²) in [5, 5.41) is 20.6. The Labute approximate surface area is 230 Å². The zero-order valence-corrected chi connectivity index (χ0v) is 22.8. The van der Waals surface area contributed by atoms with Crippen molar-refractivity contribution in [2.45, 2.75) is 37.8 Å². The number of fused-ring (bicyclic) bond motifs is 1. The van der Waals surface area contributed by atoms with Gasteiger partial charge in [0.2, 0.25) is 0 Å². The third-order valence-electron chi connectivity index (χ3n) is 7.18. The van der Waals surface area contributed by atoms with E-state index in [1.165, 1.54) is 4.90 Å². The van der Waals surface area contributed by atoms with E-state index < -0.39 is 18.3 Å². The second-order valence-corrected chi connectivity index (χ2v) is 9.90. The van der Waals surface area contributed by atoms with Crippen LogP contribution in [0.4, 0.5) is 10.5 Å². The normalized spacial score (nSPS) is 20.9. The molecule has 10 nitrogen and oxygen atoms in total.